The third kappa shape index (κ3) is 4.55. The summed E-state index contributed by atoms with van der Waals surface area (Å²) in [6.45, 7) is 2.38. The highest BCUT2D eigenvalue weighted by molar-refractivity contribution is 6.32. The van der Waals surface area contributed by atoms with Crippen LogP contribution < -0.4 is 9.47 Å². The highest BCUT2D eigenvalue weighted by Crippen LogP contribution is 2.38. The molecule has 0 saturated carbocycles. The van der Waals surface area contributed by atoms with E-state index in [1.54, 1.807) is 25.3 Å². The number of nitriles is 1. The van der Waals surface area contributed by atoms with Crippen molar-refractivity contribution in [3.05, 3.63) is 88.2 Å². The second kappa shape index (κ2) is 8.95. The molecule has 0 atom stereocenters. The number of rotatable bonds is 6. The van der Waals surface area contributed by atoms with Crippen LogP contribution in [0.2, 0.25) is 5.02 Å². The van der Waals surface area contributed by atoms with Gasteiger partial charge in [-0.1, -0.05) is 48.0 Å². The molecule has 0 aliphatic carbocycles. The lowest BCUT2D eigenvalue weighted by Gasteiger charge is -2.13. The first-order valence-electron chi connectivity index (χ1n) is 9.70. The summed E-state index contributed by atoms with van der Waals surface area (Å²) >= 11 is 6.49. The number of imidazole rings is 1. The Hall–Kier alpha value is -3.75. The van der Waals surface area contributed by atoms with Crippen LogP contribution in [0.5, 0.6) is 11.5 Å². The lowest BCUT2D eigenvalue weighted by atomic mass is 10.1. The number of H-pyrrole nitrogens is 1. The average Bonchev–Trinajstić information content (AvgIpc) is 3.20. The Labute approximate surface area is 185 Å². The highest BCUT2D eigenvalue weighted by atomic mass is 35.5. The Balaban J connectivity index is 1.65. The van der Waals surface area contributed by atoms with Gasteiger partial charge in [-0.05, 0) is 54.0 Å². The van der Waals surface area contributed by atoms with Gasteiger partial charge in [0.05, 0.1) is 28.7 Å². The van der Waals surface area contributed by atoms with Crippen LogP contribution in [0.15, 0.2) is 60.7 Å². The maximum Gasteiger partial charge on any atom is 0.180 e. The predicted molar refractivity (Wildman–Crippen MR) is 123 cm³/mol. The molecule has 0 aliphatic rings. The number of hydrogen-bond donors (Lipinski definition) is 1. The number of aryl methyl sites for hydroxylation is 1. The third-order valence-corrected chi connectivity index (χ3v) is 5.08. The molecule has 3 aromatic carbocycles. The number of methoxy groups -OCH3 is 1. The lowest BCUT2D eigenvalue weighted by molar-refractivity contribution is 0.284. The summed E-state index contributed by atoms with van der Waals surface area (Å²) in [5.74, 6) is 1.46. The van der Waals surface area contributed by atoms with Crippen molar-refractivity contribution < 1.29 is 9.47 Å². The van der Waals surface area contributed by atoms with E-state index in [1.165, 1.54) is 0 Å². The average molecular weight is 430 g/mol. The topological polar surface area (TPSA) is 70.9 Å². The number of nitrogens with zero attached hydrogens (tertiary/aromatic N) is 2. The Kier molecular flexibility index (Phi) is 5.92. The van der Waals surface area contributed by atoms with Crippen LogP contribution in [0.4, 0.5) is 0 Å². The van der Waals surface area contributed by atoms with Gasteiger partial charge in [-0.25, -0.2) is 4.98 Å². The van der Waals surface area contributed by atoms with Gasteiger partial charge >= 0.3 is 0 Å². The Morgan fingerprint density at radius 2 is 1.97 bits per heavy atom. The van der Waals surface area contributed by atoms with Gasteiger partial charge in [-0.3, -0.25) is 0 Å². The number of aromatic amines is 1. The van der Waals surface area contributed by atoms with Crippen LogP contribution in [0, 0.1) is 18.3 Å². The van der Waals surface area contributed by atoms with Crippen molar-refractivity contribution >= 4 is 34.3 Å². The minimum atomic E-state index is 0.369. The molecule has 1 N–H and O–H groups in total. The van der Waals surface area contributed by atoms with Crippen LogP contribution in [-0.4, -0.2) is 17.1 Å². The Morgan fingerprint density at radius 3 is 2.71 bits per heavy atom. The molecule has 0 spiro atoms. The quantitative estimate of drug-likeness (QED) is 0.371. The van der Waals surface area contributed by atoms with Gasteiger partial charge in [0.2, 0.25) is 0 Å². The first-order chi connectivity index (χ1) is 15.1. The zero-order chi connectivity index (χ0) is 21.8. The molecule has 0 bridgehead atoms. The van der Waals surface area contributed by atoms with Crippen molar-refractivity contribution in [2.45, 2.75) is 13.5 Å². The van der Waals surface area contributed by atoms with Crippen molar-refractivity contribution in [3.63, 3.8) is 0 Å². The summed E-state index contributed by atoms with van der Waals surface area (Å²) in [5, 5.41) is 10.1. The number of fused-ring (bicyclic) bond motifs is 1. The van der Waals surface area contributed by atoms with E-state index in [4.69, 9.17) is 21.1 Å². The number of aromatic nitrogens is 2. The third-order valence-electron chi connectivity index (χ3n) is 4.80. The van der Waals surface area contributed by atoms with Crippen LogP contribution in [-0.2, 0) is 6.61 Å². The number of hydrogen-bond acceptors (Lipinski definition) is 4. The molecule has 1 aromatic heterocycles. The molecule has 6 heteroatoms. The zero-order valence-corrected chi connectivity index (χ0v) is 17.9. The van der Waals surface area contributed by atoms with Gasteiger partial charge in [0.1, 0.15) is 18.5 Å². The minimum absolute atomic E-state index is 0.369. The standard InChI is InChI=1S/C25H20ClN3O2/c1-16-8-9-21-22(10-16)29-25(28-21)19(14-27)11-18-12-20(26)24(23(13-18)30-2)31-15-17-6-4-3-5-7-17/h3-13H,15H2,1-2H3,(H,28,29)/b19-11-. The Bertz CT molecular complexity index is 1300. The lowest BCUT2D eigenvalue weighted by Crippen LogP contribution is -1.99. The molecule has 0 radical (unpaired) electrons. The smallest absolute Gasteiger partial charge is 0.180 e. The van der Waals surface area contributed by atoms with E-state index in [0.717, 1.165) is 22.2 Å². The molecule has 0 amide bonds. The van der Waals surface area contributed by atoms with E-state index >= 15 is 0 Å². The molecule has 154 valence electrons. The number of halogens is 1. The van der Waals surface area contributed by atoms with Crippen LogP contribution >= 0.6 is 11.6 Å². The van der Waals surface area contributed by atoms with Crippen molar-refractivity contribution in [1.29, 1.82) is 5.26 Å². The number of nitrogens with one attached hydrogen (secondary N) is 1. The SMILES string of the molecule is COc1cc(/C=C(/C#N)c2nc3ccc(C)cc3[nH]2)cc(Cl)c1OCc1ccccc1. The molecule has 0 fully saturated rings. The van der Waals surface area contributed by atoms with Crippen molar-refractivity contribution in [2.75, 3.05) is 7.11 Å². The molecule has 4 aromatic rings. The van der Waals surface area contributed by atoms with Gasteiger partial charge in [0.15, 0.2) is 11.5 Å². The molecule has 1 heterocycles. The van der Waals surface area contributed by atoms with Gasteiger partial charge in [0.25, 0.3) is 0 Å². The normalized spacial score (nSPS) is 11.4. The predicted octanol–water partition coefficient (Wildman–Crippen LogP) is 6.18. The molecule has 5 nitrogen and oxygen atoms in total. The zero-order valence-electron chi connectivity index (χ0n) is 17.1. The maximum atomic E-state index is 9.71. The first-order valence-corrected chi connectivity index (χ1v) is 10.1. The second-order valence-corrected chi connectivity index (χ2v) is 7.49. The van der Waals surface area contributed by atoms with E-state index in [0.29, 0.717) is 40.1 Å². The minimum Gasteiger partial charge on any atom is -0.493 e. The second-order valence-electron chi connectivity index (χ2n) is 7.08. The highest BCUT2D eigenvalue weighted by Gasteiger charge is 2.14. The van der Waals surface area contributed by atoms with Crippen LogP contribution in [0.25, 0.3) is 22.7 Å². The van der Waals surface area contributed by atoms with Crippen molar-refractivity contribution in [1.82, 2.24) is 9.97 Å². The number of ether oxygens (including phenoxy) is 2. The van der Waals surface area contributed by atoms with E-state index in [1.807, 2.05) is 55.5 Å². The Morgan fingerprint density at radius 1 is 1.16 bits per heavy atom. The van der Waals surface area contributed by atoms with Crippen LogP contribution in [0.1, 0.15) is 22.5 Å². The van der Waals surface area contributed by atoms with E-state index in [2.05, 4.69) is 16.0 Å². The van der Waals surface area contributed by atoms with E-state index in [-0.39, 0.29) is 0 Å². The fourth-order valence-electron chi connectivity index (χ4n) is 3.26. The maximum absolute atomic E-state index is 9.71. The number of benzene rings is 3. The molecule has 4 rings (SSSR count). The first kappa shape index (κ1) is 20.5. The molecule has 0 aliphatic heterocycles. The van der Waals surface area contributed by atoms with E-state index < -0.39 is 0 Å². The summed E-state index contributed by atoms with van der Waals surface area (Å²) in [6, 6.07) is 21.5. The largest absolute Gasteiger partial charge is 0.493 e. The molecular formula is C25H20ClN3O2. The molecule has 0 saturated heterocycles. The van der Waals surface area contributed by atoms with Gasteiger partial charge in [-0.15, -0.1) is 0 Å². The summed E-state index contributed by atoms with van der Waals surface area (Å²) in [7, 11) is 1.56. The van der Waals surface area contributed by atoms with Gasteiger partial charge in [-0.2, -0.15) is 5.26 Å². The monoisotopic (exact) mass is 429 g/mol. The molecular weight excluding hydrogens is 410 g/mol. The van der Waals surface area contributed by atoms with Gasteiger partial charge < -0.3 is 14.5 Å². The fraction of sp³-hybridized carbons (Fsp3) is 0.120. The number of allylic oxidation sites excluding steroid dienone is 1. The van der Waals surface area contributed by atoms with Gasteiger partial charge in [0, 0.05) is 0 Å². The molecule has 0 unspecified atom stereocenters. The van der Waals surface area contributed by atoms with Crippen LogP contribution in [0.3, 0.4) is 0 Å². The summed E-state index contributed by atoms with van der Waals surface area (Å²) in [5.41, 5.74) is 4.94. The van der Waals surface area contributed by atoms with Crippen molar-refractivity contribution in [2.24, 2.45) is 0 Å². The fourth-order valence-corrected chi connectivity index (χ4v) is 3.54. The van der Waals surface area contributed by atoms with Crippen molar-refractivity contribution in [3.8, 4) is 17.6 Å². The summed E-state index contributed by atoms with van der Waals surface area (Å²) < 4.78 is 11.4. The summed E-state index contributed by atoms with van der Waals surface area (Å²) in [4.78, 5) is 7.74. The summed E-state index contributed by atoms with van der Waals surface area (Å²) in [6.07, 6.45) is 1.72. The van der Waals surface area contributed by atoms with E-state index in [9.17, 15) is 5.26 Å². The molecule has 31 heavy (non-hydrogen) atoms.